The second-order valence-electron chi connectivity index (χ2n) is 5.35. The molecule has 1 aromatic heterocycles. The van der Waals surface area contributed by atoms with Crippen LogP contribution in [0.4, 0.5) is 0 Å². The van der Waals surface area contributed by atoms with Gasteiger partial charge in [-0.05, 0) is 36.8 Å². The SMILES string of the molecule is COC(=O)CCNC(=S)N/N=C(/C)c1csc(-c2ccc(Cl)c(Cl)c2)c1O. The minimum atomic E-state index is -0.331. The lowest BCUT2D eigenvalue weighted by Gasteiger charge is -2.07. The molecule has 1 aromatic carbocycles. The number of carbonyl (C=O) groups is 1. The Hall–Kier alpha value is -1.87. The number of ether oxygens (including phenoxy) is 1. The molecular weight excluding hydrogens is 429 g/mol. The smallest absolute Gasteiger partial charge is 0.307 e. The van der Waals surface area contributed by atoms with Gasteiger partial charge in [-0.1, -0.05) is 29.3 Å². The lowest BCUT2D eigenvalue weighted by molar-refractivity contribution is -0.140. The van der Waals surface area contributed by atoms with Crippen molar-refractivity contribution < 1.29 is 14.6 Å². The van der Waals surface area contributed by atoms with Crippen molar-refractivity contribution in [1.29, 1.82) is 0 Å². The molecule has 0 fully saturated rings. The average Bonchev–Trinajstić information content (AvgIpc) is 3.03. The number of hydrazone groups is 1. The van der Waals surface area contributed by atoms with E-state index in [1.165, 1.54) is 18.4 Å². The van der Waals surface area contributed by atoms with Crippen molar-refractivity contribution in [2.45, 2.75) is 13.3 Å². The Bertz CT molecular complexity index is 884. The number of esters is 1. The van der Waals surface area contributed by atoms with Crippen molar-refractivity contribution in [1.82, 2.24) is 10.7 Å². The van der Waals surface area contributed by atoms with E-state index in [1.54, 1.807) is 30.5 Å². The Balaban J connectivity index is 2.04. The van der Waals surface area contributed by atoms with E-state index in [9.17, 15) is 9.90 Å². The van der Waals surface area contributed by atoms with Crippen LogP contribution in [0.25, 0.3) is 10.4 Å². The Labute approximate surface area is 176 Å². The summed E-state index contributed by atoms with van der Waals surface area (Å²) in [5.41, 5.74) is 4.56. The zero-order valence-corrected chi connectivity index (χ0v) is 17.7. The summed E-state index contributed by atoms with van der Waals surface area (Å²) in [6.07, 6.45) is 0.194. The third kappa shape index (κ3) is 5.80. The van der Waals surface area contributed by atoms with Gasteiger partial charge in [-0.25, -0.2) is 0 Å². The van der Waals surface area contributed by atoms with Crippen molar-refractivity contribution in [3.05, 3.63) is 39.2 Å². The number of nitrogens with zero attached hydrogens (tertiary/aromatic N) is 1. The van der Waals surface area contributed by atoms with Gasteiger partial charge in [0.15, 0.2) is 5.11 Å². The van der Waals surface area contributed by atoms with Crippen LogP contribution in [0.15, 0.2) is 28.7 Å². The molecule has 0 spiro atoms. The van der Waals surface area contributed by atoms with Gasteiger partial charge in [-0.2, -0.15) is 5.10 Å². The van der Waals surface area contributed by atoms with Crippen molar-refractivity contribution >= 4 is 63.5 Å². The van der Waals surface area contributed by atoms with Crippen LogP contribution in [-0.4, -0.2) is 35.6 Å². The van der Waals surface area contributed by atoms with Gasteiger partial charge in [0.1, 0.15) is 5.75 Å². The molecule has 0 aliphatic rings. The lowest BCUT2D eigenvalue weighted by atomic mass is 10.1. The Kier molecular flexibility index (Phi) is 7.85. The van der Waals surface area contributed by atoms with Crippen molar-refractivity contribution in [3.63, 3.8) is 0 Å². The molecule has 2 rings (SSSR count). The monoisotopic (exact) mass is 445 g/mol. The average molecular weight is 446 g/mol. The highest BCUT2D eigenvalue weighted by molar-refractivity contribution is 7.80. The molecule has 0 atom stereocenters. The molecule has 3 N–H and O–H groups in total. The number of rotatable bonds is 6. The van der Waals surface area contributed by atoms with E-state index in [1.807, 2.05) is 0 Å². The van der Waals surface area contributed by atoms with Crippen LogP contribution >= 0.6 is 46.8 Å². The molecule has 1 heterocycles. The highest BCUT2D eigenvalue weighted by Gasteiger charge is 2.15. The first-order chi connectivity index (χ1) is 12.8. The Morgan fingerprint density at radius 3 is 2.78 bits per heavy atom. The molecule has 0 unspecified atom stereocenters. The maximum atomic E-state index is 11.0. The molecule has 2 aromatic rings. The molecule has 0 saturated carbocycles. The van der Waals surface area contributed by atoms with Gasteiger partial charge in [0, 0.05) is 11.9 Å². The van der Waals surface area contributed by atoms with E-state index in [0.717, 1.165) is 5.56 Å². The zero-order chi connectivity index (χ0) is 20.0. The largest absolute Gasteiger partial charge is 0.506 e. The summed E-state index contributed by atoms with van der Waals surface area (Å²) in [5.74, 6) is -0.228. The minimum absolute atomic E-state index is 0.103. The molecule has 144 valence electrons. The van der Waals surface area contributed by atoms with Crippen molar-refractivity contribution in [2.75, 3.05) is 13.7 Å². The van der Waals surface area contributed by atoms with Crippen molar-refractivity contribution in [2.24, 2.45) is 5.10 Å². The minimum Gasteiger partial charge on any atom is -0.506 e. The molecule has 0 amide bonds. The van der Waals surface area contributed by atoms with Gasteiger partial charge in [0.05, 0.1) is 39.7 Å². The highest BCUT2D eigenvalue weighted by Crippen LogP contribution is 2.40. The Morgan fingerprint density at radius 1 is 1.37 bits per heavy atom. The van der Waals surface area contributed by atoms with E-state index in [4.69, 9.17) is 35.4 Å². The van der Waals surface area contributed by atoms with Crippen LogP contribution in [0.2, 0.25) is 10.0 Å². The van der Waals surface area contributed by atoms with Crippen molar-refractivity contribution in [3.8, 4) is 16.2 Å². The first-order valence-electron chi connectivity index (χ1n) is 7.74. The molecule has 0 aliphatic heterocycles. The van der Waals surface area contributed by atoms with Crippen LogP contribution < -0.4 is 10.7 Å². The first kappa shape index (κ1) is 21.4. The van der Waals surface area contributed by atoms with E-state index in [2.05, 4.69) is 20.6 Å². The number of halogens is 2. The van der Waals surface area contributed by atoms with E-state index in [0.29, 0.717) is 32.7 Å². The van der Waals surface area contributed by atoms with Gasteiger partial charge in [-0.3, -0.25) is 10.2 Å². The second kappa shape index (κ2) is 9.89. The number of hydrogen-bond acceptors (Lipinski definition) is 6. The fourth-order valence-electron chi connectivity index (χ4n) is 2.07. The quantitative estimate of drug-likeness (QED) is 0.267. The van der Waals surface area contributed by atoms with E-state index < -0.39 is 0 Å². The van der Waals surface area contributed by atoms with Gasteiger partial charge < -0.3 is 15.2 Å². The predicted molar refractivity (Wildman–Crippen MR) is 114 cm³/mol. The fraction of sp³-hybridized carbons (Fsp3) is 0.235. The standard InChI is InChI=1S/C17H17Cl2N3O3S2/c1-9(21-22-17(26)20-6-5-14(23)25-2)11-8-27-16(15(11)24)10-3-4-12(18)13(19)7-10/h3-4,7-8,24H,5-6H2,1-2H3,(H2,20,22,26)/b21-9-. The van der Waals surface area contributed by atoms with Gasteiger partial charge >= 0.3 is 5.97 Å². The first-order valence-corrected chi connectivity index (χ1v) is 9.79. The van der Waals surface area contributed by atoms with Crippen LogP contribution in [0.3, 0.4) is 0 Å². The third-order valence-corrected chi connectivity index (χ3v) is 5.50. The van der Waals surface area contributed by atoms with Crippen LogP contribution in [0.1, 0.15) is 18.9 Å². The number of nitrogens with one attached hydrogen (secondary N) is 2. The van der Waals surface area contributed by atoms with E-state index in [-0.39, 0.29) is 23.3 Å². The summed E-state index contributed by atoms with van der Waals surface area (Å²) in [4.78, 5) is 11.7. The van der Waals surface area contributed by atoms with Crippen LogP contribution in [0, 0.1) is 0 Å². The highest BCUT2D eigenvalue weighted by atomic mass is 35.5. The Morgan fingerprint density at radius 2 is 2.11 bits per heavy atom. The number of carbonyl (C=O) groups excluding carboxylic acids is 1. The number of thiocarbonyl (C=S) groups is 1. The van der Waals surface area contributed by atoms with Gasteiger partial charge in [0.25, 0.3) is 0 Å². The third-order valence-electron chi connectivity index (χ3n) is 3.50. The number of benzene rings is 1. The van der Waals surface area contributed by atoms with Gasteiger partial charge in [-0.15, -0.1) is 11.3 Å². The normalized spacial score (nSPS) is 11.2. The topological polar surface area (TPSA) is 83.0 Å². The fourth-order valence-corrected chi connectivity index (χ4v) is 3.51. The molecule has 6 nitrogen and oxygen atoms in total. The molecule has 0 radical (unpaired) electrons. The predicted octanol–water partition coefficient (Wildman–Crippen LogP) is 4.18. The summed E-state index contributed by atoms with van der Waals surface area (Å²) in [7, 11) is 1.33. The summed E-state index contributed by atoms with van der Waals surface area (Å²) < 4.78 is 4.54. The zero-order valence-electron chi connectivity index (χ0n) is 14.5. The molecule has 10 heteroatoms. The van der Waals surface area contributed by atoms with E-state index >= 15 is 0 Å². The second-order valence-corrected chi connectivity index (χ2v) is 7.45. The van der Waals surface area contributed by atoms with Crippen LogP contribution in [0.5, 0.6) is 5.75 Å². The maximum Gasteiger partial charge on any atom is 0.307 e. The lowest BCUT2D eigenvalue weighted by Crippen LogP contribution is -2.34. The summed E-state index contributed by atoms with van der Waals surface area (Å²) >= 11 is 18.4. The number of methoxy groups -OCH3 is 1. The summed E-state index contributed by atoms with van der Waals surface area (Å²) in [6.45, 7) is 2.07. The summed E-state index contributed by atoms with van der Waals surface area (Å²) in [5, 5.41) is 20.5. The number of thiophene rings is 1. The molecule has 0 aliphatic carbocycles. The van der Waals surface area contributed by atoms with Crippen LogP contribution in [-0.2, 0) is 9.53 Å². The molecule has 0 saturated heterocycles. The number of hydrogen-bond donors (Lipinski definition) is 3. The number of aromatic hydroxyl groups is 1. The molecule has 0 bridgehead atoms. The molecular formula is C17H17Cl2N3O3S2. The van der Waals surface area contributed by atoms with Gasteiger partial charge in [0.2, 0.25) is 0 Å². The molecule has 27 heavy (non-hydrogen) atoms. The maximum absolute atomic E-state index is 11.0. The summed E-state index contributed by atoms with van der Waals surface area (Å²) in [6, 6.07) is 5.16.